The molecule has 0 fully saturated rings. The molecule has 4 heteroatoms. The summed E-state index contributed by atoms with van der Waals surface area (Å²) >= 11 is 0. The van der Waals surface area contributed by atoms with Crippen LogP contribution in [0.5, 0.6) is 0 Å². The van der Waals surface area contributed by atoms with Crippen molar-refractivity contribution >= 4 is 0 Å². The van der Waals surface area contributed by atoms with E-state index in [9.17, 15) is 4.39 Å². The molecule has 2 aromatic rings. The third kappa shape index (κ3) is 2.22. The van der Waals surface area contributed by atoms with Crippen molar-refractivity contribution in [2.75, 3.05) is 6.61 Å². The minimum atomic E-state index is -0.242. The van der Waals surface area contributed by atoms with Crippen LogP contribution in [0, 0.1) is 5.82 Å². The Hall–Kier alpha value is -1.68. The second-order valence-electron chi connectivity index (χ2n) is 3.28. The summed E-state index contributed by atoms with van der Waals surface area (Å²) in [6, 6.07) is 6.27. The summed E-state index contributed by atoms with van der Waals surface area (Å²) in [4.78, 5) is 3.06. The van der Waals surface area contributed by atoms with E-state index < -0.39 is 0 Å². The van der Waals surface area contributed by atoms with Crippen LogP contribution in [0.3, 0.4) is 0 Å². The normalized spacial score (nSPS) is 10.5. The molecule has 15 heavy (non-hydrogen) atoms. The van der Waals surface area contributed by atoms with E-state index in [2.05, 4.69) is 4.98 Å². The fourth-order valence-electron chi connectivity index (χ4n) is 1.42. The van der Waals surface area contributed by atoms with E-state index in [1.54, 1.807) is 18.5 Å². The summed E-state index contributed by atoms with van der Waals surface area (Å²) in [5.41, 5.74) is 1.83. The highest BCUT2D eigenvalue weighted by Gasteiger charge is 2.07. The van der Waals surface area contributed by atoms with Gasteiger partial charge in [0.15, 0.2) is 5.69 Å². The van der Waals surface area contributed by atoms with E-state index in [-0.39, 0.29) is 12.4 Å². The Balaban J connectivity index is 2.25. The van der Waals surface area contributed by atoms with E-state index in [4.69, 9.17) is 5.11 Å². The molecule has 1 aromatic heterocycles. The first-order valence-electron chi connectivity index (χ1n) is 4.74. The molecule has 0 saturated heterocycles. The van der Waals surface area contributed by atoms with E-state index in [1.807, 2.05) is 10.8 Å². The number of nitrogens with zero attached hydrogens (tertiary/aromatic N) is 1. The first-order valence-corrected chi connectivity index (χ1v) is 4.74. The molecule has 0 amide bonds. The van der Waals surface area contributed by atoms with Crippen LogP contribution in [0.4, 0.5) is 4.39 Å². The summed E-state index contributed by atoms with van der Waals surface area (Å²) in [5.74, 6) is -0.242. The van der Waals surface area contributed by atoms with Crippen LogP contribution in [-0.2, 0) is 6.54 Å². The molecule has 0 aliphatic heterocycles. The van der Waals surface area contributed by atoms with Crippen molar-refractivity contribution in [1.29, 1.82) is 0 Å². The third-order valence-corrected chi connectivity index (χ3v) is 2.19. The Morgan fingerprint density at radius 1 is 1.27 bits per heavy atom. The number of nitrogens with one attached hydrogen (secondary N) is 1. The largest absolute Gasteiger partial charge is 0.392 e. The number of aromatic nitrogens is 2. The lowest BCUT2D eigenvalue weighted by molar-refractivity contribution is -0.696. The lowest BCUT2D eigenvalue weighted by Gasteiger charge is -1.92. The maximum Gasteiger partial charge on any atom is 0.242 e. The number of benzene rings is 1. The predicted octanol–water partition coefficient (Wildman–Crippen LogP) is 1.10. The van der Waals surface area contributed by atoms with Crippen molar-refractivity contribution in [3.05, 3.63) is 42.6 Å². The highest BCUT2D eigenvalue weighted by molar-refractivity contribution is 5.56. The SMILES string of the molecule is OCC[n+]1c[nH]c(-c2ccc(F)cc2)c1. The minimum absolute atomic E-state index is 0.103. The summed E-state index contributed by atoms with van der Waals surface area (Å²) in [6.07, 6.45) is 3.65. The molecule has 0 unspecified atom stereocenters. The topological polar surface area (TPSA) is 39.9 Å². The monoisotopic (exact) mass is 207 g/mol. The summed E-state index contributed by atoms with van der Waals surface area (Å²) in [7, 11) is 0. The Bertz CT molecular complexity index is 436. The second-order valence-corrected chi connectivity index (χ2v) is 3.28. The number of imidazole rings is 1. The standard InChI is InChI=1S/C11H11FN2O/c12-10-3-1-9(2-4-10)11-7-14(5-6-15)8-13-11/h1-4,7-8,15H,5-6H2/p+1. The van der Waals surface area contributed by atoms with Crippen LogP contribution < -0.4 is 4.57 Å². The van der Waals surface area contributed by atoms with Gasteiger partial charge < -0.3 is 5.11 Å². The number of aliphatic hydroxyl groups is 1. The molecule has 3 nitrogen and oxygen atoms in total. The molecule has 1 aromatic carbocycles. The van der Waals surface area contributed by atoms with Gasteiger partial charge in [0.25, 0.3) is 0 Å². The number of hydrogen-bond donors (Lipinski definition) is 2. The van der Waals surface area contributed by atoms with Crippen LogP contribution in [-0.4, -0.2) is 16.7 Å². The summed E-state index contributed by atoms with van der Waals surface area (Å²) < 4.78 is 14.5. The highest BCUT2D eigenvalue weighted by Crippen LogP contribution is 2.15. The van der Waals surface area contributed by atoms with Crippen LogP contribution in [0.1, 0.15) is 0 Å². The predicted molar refractivity (Wildman–Crippen MR) is 53.5 cm³/mol. The van der Waals surface area contributed by atoms with E-state index in [0.717, 1.165) is 11.3 Å². The Labute approximate surface area is 86.8 Å². The first kappa shape index (κ1) is 9.86. The van der Waals surface area contributed by atoms with E-state index in [1.165, 1.54) is 12.1 Å². The van der Waals surface area contributed by atoms with Crippen LogP contribution >= 0.6 is 0 Å². The average molecular weight is 207 g/mol. The summed E-state index contributed by atoms with van der Waals surface area (Å²) in [6.45, 7) is 0.656. The van der Waals surface area contributed by atoms with Crippen molar-refractivity contribution < 1.29 is 14.1 Å². The Kier molecular flexibility index (Phi) is 2.78. The number of hydrogen-bond acceptors (Lipinski definition) is 1. The number of rotatable bonds is 3. The van der Waals surface area contributed by atoms with Gasteiger partial charge in [0.05, 0.1) is 6.61 Å². The smallest absolute Gasteiger partial charge is 0.242 e. The maximum atomic E-state index is 12.7. The van der Waals surface area contributed by atoms with Gasteiger partial charge in [-0.05, 0) is 24.3 Å². The van der Waals surface area contributed by atoms with Crippen molar-refractivity contribution in [1.82, 2.24) is 4.98 Å². The zero-order chi connectivity index (χ0) is 10.7. The molecular formula is C11H12FN2O+. The van der Waals surface area contributed by atoms with E-state index in [0.29, 0.717) is 6.54 Å². The van der Waals surface area contributed by atoms with E-state index >= 15 is 0 Å². The molecule has 2 N–H and O–H groups in total. The van der Waals surface area contributed by atoms with Crippen LogP contribution in [0.2, 0.25) is 0 Å². The highest BCUT2D eigenvalue weighted by atomic mass is 19.1. The van der Waals surface area contributed by atoms with Gasteiger partial charge in [-0.3, -0.25) is 0 Å². The fourth-order valence-corrected chi connectivity index (χ4v) is 1.42. The van der Waals surface area contributed by atoms with Crippen molar-refractivity contribution in [3.63, 3.8) is 0 Å². The van der Waals surface area contributed by atoms with Gasteiger partial charge in [-0.1, -0.05) is 0 Å². The molecule has 0 radical (unpaired) electrons. The number of aliphatic hydroxyl groups excluding tert-OH is 1. The molecule has 78 valence electrons. The molecule has 0 saturated carbocycles. The van der Waals surface area contributed by atoms with Crippen molar-refractivity contribution in [2.45, 2.75) is 6.54 Å². The zero-order valence-corrected chi connectivity index (χ0v) is 8.15. The van der Waals surface area contributed by atoms with Crippen LogP contribution in [0.15, 0.2) is 36.8 Å². The average Bonchev–Trinajstić information content (AvgIpc) is 2.68. The third-order valence-electron chi connectivity index (χ3n) is 2.19. The summed E-state index contributed by atoms with van der Waals surface area (Å²) in [5, 5.41) is 8.75. The van der Waals surface area contributed by atoms with Gasteiger partial charge in [0, 0.05) is 5.56 Å². The molecule has 0 bridgehead atoms. The lowest BCUT2D eigenvalue weighted by atomic mass is 10.2. The number of H-pyrrole nitrogens is 1. The van der Waals surface area contributed by atoms with Crippen molar-refractivity contribution in [2.24, 2.45) is 0 Å². The molecular weight excluding hydrogens is 195 g/mol. The van der Waals surface area contributed by atoms with Gasteiger partial charge in [0.1, 0.15) is 18.6 Å². The minimum Gasteiger partial charge on any atom is -0.392 e. The molecule has 0 spiro atoms. The van der Waals surface area contributed by atoms with Gasteiger partial charge in [-0.2, -0.15) is 0 Å². The zero-order valence-electron chi connectivity index (χ0n) is 8.15. The lowest BCUT2D eigenvalue weighted by Crippen LogP contribution is -2.32. The number of halogens is 1. The molecule has 2 rings (SSSR count). The molecule has 0 atom stereocenters. The van der Waals surface area contributed by atoms with Gasteiger partial charge in [-0.15, -0.1) is 0 Å². The van der Waals surface area contributed by atoms with Crippen LogP contribution in [0.25, 0.3) is 11.3 Å². The second kappa shape index (κ2) is 4.23. The van der Waals surface area contributed by atoms with Gasteiger partial charge in [-0.25, -0.2) is 13.9 Å². The van der Waals surface area contributed by atoms with Crippen molar-refractivity contribution in [3.8, 4) is 11.3 Å². The van der Waals surface area contributed by atoms with Gasteiger partial charge >= 0.3 is 0 Å². The quantitative estimate of drug-likeness (QED) is 0.727. The fraction of sp³-hybridized carbons (Fsp3) is 0.182. The maximum absolute atomic E-state index is 12.7. The van der Waals surface area contributed by atoms with Gasteiger partial charge in [0.2, 0.25) is 6.33 Å². The Morgan fingerprint density at radius 3 is 2.67 bits per heavy atom. The molecule has 1 heterocycles. The molecule has 0 aliphatic carbocycles. The first-order chi connectivity index (χ1) is 7.29. The Morgan fingerprint density at radius 2 is 2.00 bits per heavy atom. The molecule has 0 aliphatic rings. The number of aromatic amines is 1.